The van der Waals surface area contributed by atoms with E-state index in [0.717, 1.165) is 6.92 Å². The fourth-order valence-corrected chi connectivity index (χ4v) is 0.176. The lowest BCUT2D eigenvalue weighted by Crippen LogP contribution is -1.78. The predicted octanol–water partition coefficient (Wildman–Crippen LogP) is 0.927. The first-order chi connectivity index (χ1) is 4.23. The van der Waals surface area contributed by atoms with Crippen LogP contribution in [0.25, 0.3) is 0 Å². The summed E-state index contributed by atoms with van der Waals surface area (Å²) in [6.45, 7) is 1.08. The number of aromatic nitrogens is 1. The van der Waals surface area contributed by atoms with Gasteiger partial charge in [0.05, 0.1) is 6.20 Å². The van der Waals surface area contributed by atoms with Crippen LogP contribution in [0.1, 0.15) is 6.92 Å². The van der Waals surface area contributed by atoms with E-state index in [1.54, 1.807) is 6.20 Å². The summed E-state index contributed by atoms with van der Waals surface area (Å²) in [5.74, 6) is -0.833. The summed E-state index contributed by atoms with van der Waals surface area (Å²) in [7, 11) is 0. The van der Waals surface area contributed by atoms with Crippen LogP contribution < -0.4 is 6.15 Å². The fourth-order valence-electron chi connectivity index (χ4n) is 0.176. The smallest absolute Gasteiger partial charge is 0.300 e. The van der Waals surface area contributed by atoms with E-state index in [0.29, 0.717) is 0 Å². The summed E-state index contributed by atoms with van der Waals surface area (Å²) in [5, 5.41) is 7.42. The van der Waals surface area contributed by atoms with Crippen LogP contribution in [0, 0.1) is 0 Å². The second-order valence-corrected chi connectivity index (χ2v) is 1.19. The third-order valence-corrected chi connectivity index (χ3v) is 0.347. The van der Waals surface area contributed by atoms with Crippen molar-refractivity contribution < 1.29 is 14.3 Å². The molecule has 0 bridgehead atoms. The molecule has 5 nitrogen and oxygen atoms in total. The summed E-state index contributed by atoms with van der Waals surface area (Å²) in [6, 6.07) is 0. The topological polar surface area (TPSA) is 98.3 Å². The SMILES string of the molecule is CC(=O)O.N.c1cocn1. The predicted molar refractivity (Wildman–Crippen MR) is 34.8 cm³/mol. The van der Waals surface area contributed by atoms with Gasteiger partial charge in [-0.15, -0.1) is 0 Å². The molecule has 1 heterocycles. The van der Waals surface area contributed by atoms with Gasteiger partial charge in [-0.05, 0) is 0 Å². The normalized spacial score (nSPS) is 6.50. The highest BCUT2D eigenvalue weighted by Gasteiger charge is 1.65. The molecule has 1 aromatic heterocycles. The van der Waals surface area contributed by atoms with Gasteiger partial charge < -0.3 is 15.7 Å². The molecule has 0 radical (unpaired) electrons. The highest BCUT2D eigenvalue weighted by Crippen LogP contribution is 1.72. The van der Waals surface area contributed by atoms with E-state index in [1.165, 1.54) is 12.7 Å². The maximum absolute atomic E-state index is 9.00. The van der Waals surface area contributed by atoms with Gasteiger partial charge in [0.25, 0.3) is 5.97 Å². The van der Waals surface area contributed by atoms with E-state index in [-0.39, 0.29) is 6.15 Å². The number of carbonyl (C=O) groups is 1. The van der Waals surface area contributed by atoms with Gasteiger partial charge in [-0.3, -0.25) is 4.79 Å². The number of hydrogen-bond acceptors (Lipinski definition) is 4. The molecule has 0 saturated carbocycles. The van der Waals surface area contributed by atoms with Crippen LogP contribution in [0.2, 0.25) is 0 Å². The Kier molecular flexibility index (Phi) is 8.74. The van der Waals surface area contributed by atoms with Gasteiger partial charge in [0.2, 0.25) is 0 Å². The Morgan fingerprint density at radius 1 is 1.70 bits per heavy atom. The summed E-state index contributed by atoms with van der Waals surface area (Å²) in [4.78, 5) is 12.6. The van der Waals surface area contributed by atoms with E-state index in [1.807, 2.05) is 0 Å². The van der Waals surface area contributed by atoms with Gasteiger partial charge in [0, 0.05) is 6.92 Å². The summed E-state index contributed by atoms with van der Waals surface area (Å²) < 4.78 is 4.47. The van der Waals surface area contributed by atoms with Crippen molar-refractivity contribution in [3.8, 4) is 0 Å². The molecule has 0 saturated heterocycles. The zero-order valence-electron chi connectivity index (χ0n) is 5.65. The molecule has 5 heteroatoms. The fraction of sp³-hybridized carbons (Fsp3) is 0.200. The Bertz CT molecular complexity index is 129. The van der Waals surface area contributed by atoms with Gasteiger partial charge in [-0.1, -0.05) is 0 Å². The lowest BCUT2D eigenvalue weighted by Gasteiger charge is -1.59. The average Bonchev–Trinajstić information content (AvgIpc) is 2.11. The van der Waals surface area contributed by atoms with Crippen molar-refractivity contribution in [1.29, 1.82) is 0 Å². The molecule has 1 rings (SSSR count). The molecule has 0 aliphatic heterocycles. The zero-order chi connectivity index (χ0) is 7.11. The van der Waals surface area contributed by atoms with Crippen LogP contribution >= 0.6 is 0 Å². The molecule has 0 aliphatic carbocycles. The van der Waals surface area contributed by atoms with Crippen molar-refractivity contribution in [2.75, 3.05) is 0 Å². The Morgan fingerprint density at radius 3 is 2.30 bits per heavy atom. The minimum atomic E-state index is -0.833. The van der Waals surface area contributed by atoms with Crippen LogP contribution in [0.5, 0.6) is 0 Å². The first-order valence-corrected chi connectivity index (χ1v) is 2.25. The van der Waals surface area contributed by atoms with Crippen LogP contribution in [0.15, 0.2) is 23.3 Å². The largest absolute Gasteiger partial charge is 0.481 e. The molecule has 0 spiro atoms. The summed E-state index contributed by atoms with van der Waals surface area (Å²) >= 11 is 0. The molecule has 0 amide bonds. The van der Waals surface area contributed by atoms with Crippen molar-refractivity contribution in [3.63, 3.8) is 0 Å². The minimum absolute atomic E-state index is 0. The summed E-state index contributed by atoms with van der Waals surface area (Å²) in [5.41, 5.74) is 0. The zero-order valence-corrected chi connectivity index (χ0v) is 5.65. The lowest BCUT2D eigenvalue weighted by molar-refractivity contribution is -0.134. The molecular weight excluding hydrogens is 136 g/mol. The third-order valence-electron chi connectivity index (χ3n) is 0.347. The maximum Gasteiger partial charge on any atom is 0.300 e. The Hall–Kier alpha value is -1.36. The lowest BCUT2D eigenvalue weighted by atomic mass is 10.9. The Balaban J connectivity index is 0. The van der Waals surface area contributed by atoms with E-state index in [4.69, 9.17) is 9.90 Å². The first-order valence-electron chi connectivity index (χ1n) is 2.25. The molecule has 0 aliphatic rings. The highest BCUT2D eigenvalue weighted by atomic mass is 16.4. The quantitative estimate of drug-likeness (QED) is 0.567. The van der Waals surface area contributed by atoms with Crippen molar-refractivity contribution >= 4 is 5.97 Å². The molecule has 0 aromatic carbocycles. The number of nitrogens with zero attached hydrogens (tertiary/aromatic N) is 1. The standard InChI is InChI=1S/C3H3NO.C2H4O2.H3N/c1-2-5-3-4-1;1-2(3)4;/h1-3H;1H3,(H,3,4);1H3. The van der Waals surface area contributed by atoms with Crippen LogP contribution in [0.4, 0.5) is 0 Å². The van der Waals surface area contributed by atoms with E-state index < -0.39 is 5.97 Å². The summed E-state index contributed by atoms with van der Waals surface area (Å²) in [6.07, 6.45) is 4.47. The third kappa shape index (κ3) is 15.9. The molecular formula is C5H10N2O3. The second-order valence-electron chi connectivity index (χ2n) is 1.19. The number of oxazole rings is 1. The molecule has 0 unspecified atom stereocenters. The van der Waals surface area contributed by atoms with Gasteiger partial charge >= 0.3 is 0 Å². The van der Waals surface area contributed by atoms with Crippen LogP contribution in [0.3, 0.4) is 0 Å². The number of carboxylic acids is 1. The first kappa shape index (κ1) is 11.4. The maximum atomic E-state index is 9.00. The monoisotopic (exact) mass is 146 g/mol. The van der Waals surface area contributed by atoms with E-state index in [2.05, 4.69) is 9.40 Å². The molecule has 4 N–H and O–H groups in total. The van der Waals surface area contributed by atoms with Gasteiger partial charge in [-0.25, -0.2) is 4.98 Å². The number of hydrogen-bond donors (Lipinski definition) is 2. The number of aliphatic carboxylic acids is 1. The van der Waals surface area contributed by atoms with Gasteiger partial charge in [0.1, 0.15) is 6.26 Å². The minimum Gasteiger partial charge on any atom is -0.481 e. The molecule has 0 fully saturated rings. The highest BCUT2D eigenvalue weighted by molar-refractivity contribution is 5.62. The van der Waals surface area contributed by atoms with Crippen LogP contribution in [-0.4, -0.2) is 16.1 Å². The molecule has 58 valence electrons. The molecule has 0 atom stereocenters. The van der Waals surface area contributed by atoms with Crippen molar-refractivity contribution in [2.24, 2.45) is 0 Å². The Morgan fingerprint density at radius 2 is 2.20 bits per heavy atom. The van der Waals surface area contributed by atoms with Gasteiger partial charge in [0.15, 0.2) is 6.39 Å². The number of rotatable bonds is 0. The van der Waals surface area contributed by atoms with Crippen molar-refractivity contribution in [2.45, 2.75) is 6.92 Å². The van der Waals surface area contributed by atoms with Crippen molar-refractivity contribution in [3.05, 3.63) is 18.9 Å². The average molecular weight is 146 g/mol. The second kappa shape index (κ2) is 7.64. The molecule has 10 heavy (non-hydrogen) atoms. The van der Waals surface area contributed by atoms with E-state index >= 15 is 0 Å². The van der Waals surface area contributed by atoms with E-state index in [9.17, 15) is 0 Å². The van der Waals surface area contributed by atoms with Crippen LogP contribution in [-0.2, 0) is 4.79 Å². The Labute approximate surface area is 58.3 Å². The number of carboxylic acid groups (broad SMARTS) is 1. The molecule has 1 aromatic rings. The van der Waals surface area contributed by atoms with Gasteiger partial charge in [-0.2, -0.15) is 0 Å². The van der Waals surface area contributed by atoms with Crippen molar-refractivity contribution in [1.82, 2.24) is 11.1 Å².